The number of hydrogen-bond acceptors (Lipinski definition) is 4. The van der Waals surface area contributed by atoms with E-state index in [-0.39, 0.29) is 19.4 Å². The van der Waals surface area contributed by atoms with Crippen LogP contribution in [0.25, 0.3) is 0 Å². The van der Waals surface area contributed by atoms with Crippen LogP contribution < -0.4 is 0 Å². The molecule has 0 saturated carbocycles. The van der Waals surface area contributed by atoms with Crippen LogP contribution in [-0.2, 0) is 4.79 Å². The van der Waals surface area contributed by atoms with Crippen LogP contribution in [0.2, 0.25) is 0 Å². The van der Waals surface area contributed by atoms with E-state index in [4.69, 9.17) is 20.4 Å². The Bertz CT molecular complexity index is 154. The molecule has 0 heterocycles. The molecule has 0 rings (SSSR count). The molecular formula is C7H14O5. The Morgan fingerprint density at radius 2 is 2.08 bits per heavy atom. The highest BCUT2D eigenvalue weighted by Gasteiger charge is 2.37. The maximum absolute atomic E-state index is 10.4. The SMILES string of the molecule is CC(O)(C(=O)O)C(O)CCCO. The average Bonchev–Trinajstić information content (AvgIpc) is 1.99. The van der Waals surface area contributed by atoms with Crippen molar-refractivity contribution in [1.29, 1.82) is 0 Å². The van der Waals surface area contributed by atoms with Gasteiger partial charge in [-0.3, -0.25) is 0 Å². The van der Waals surface area contributed by atoms with Crippen LogP contribution in [0.4, 0.5) is 0 Å². The second kappa shape index (κ2) is 4.39. The van der Waals surface area contributed by atoms with E-state index < -0.39 is 17.7 Å². The van der Waals surface area contributed by atoms with E-state index in [9.17, 15) is 4.79 Å². The molecule has 0 aromatic heterocycles. The van der Waals surface area contributed by atoms with Gasteiger partial charge in [0, 0.05) is 6.61 Å². The zero-order valence-corrected chi connectivity index (χ0v) is 6.90. The number of carbonyl (C=O) groups is 1. The standard InChI is InChI=1S/C7H14O5/c1-7(12,6(10)11)5(9)3-2-4-8/h5,8-9,12H,2-4H2,1H3,(H,10,11). The maximum atomic E-state index is 10.4. The van der Waals surface area contributed by atoms with Crippen LogP contribution >= 0.6 is 0 Å². The first-order chi connectivity index (χ1) is 5.42. The number of hydrogen-bond donors (Lipinski definition) is 4. The number of aliphatic carboxylic acids is 1. The zero-order valence-electron chi connectivity index (χ0n) is 6.90. The number of rotatable bonds is 5. The van der Waals surface area contributed by atoms with Crippen LogP contribution in [-0.4, -0.2) is 44.7 Å². The highest BCUT2D eigenvalue weighted by molar-refractivity contribution is 5.77. The third-order valence-electron chi connectivity index (χ3n) is 1.72. The minimum atomic E-state index is -2.13. The minimum absolute atomic E-state index is 0.0653. The van der Waals surface area contributed by atoms with Crippen LogP contribution in [0, 0.1) is 0 Å². The van der Waals surface area contributed by atoms with Crippen LogP contribution in [0.15, 0.2) is 0 Å². The summed E-state index contributed by atoms with van der Waals surface area (Å²) in [6, 6.07) is 0. The van der Waals surface area contributed by atoms with Gasteiger partial charge < -0.3 is 20.4 Å². The largest absolute Gasteiger partial charge is 0.479 e. The summed E-state index contributed by atoms with van der Waals surface area (Å²) in [5.74, 6) is -1.46. The molecule has 2 atom stereocenters. The fraction of sp³-hybridized carbons (Fsp3) is 0.857. The molecule has 0 saturated heterocycles. The average molecular weight is 178 g/mol. The first kappa shape index (κ1) is 11.4. The van der Waals surface area contributed by atoms with Crippen molar-refractivity contribution in [3.63, 3.8) is 0 Å². The second-order valence-electron chi connectivity index (χ2n) is 2.83. The molecule has 0 aromatic carbocycles. The summed E-state index contributed by atoms with van der Waals surface area (Å²) in [6.45, 7) is 0.893. The Morgan fingerprint density at radius 1 is 1.58 bits per heavy atom. The smallest absolute Gasteiger partial charge is 0.338 e. The van der Waals surface area contributed by atoms with Gasteiger partial charge in [-0.25, -0.2) is 4.79 Å². The highest BCUT2D eigenvalue weighted by Crippen LogP contribution is 2.14. The molecule has 0 aliphatic rings. The molecule has 0 spiro atoms. The number of aliphatic hydroxyl groups excluding tert-OH is 2. The quantitative estimate of drug-likeness (QED) is 0.431. The van der Waals surface area contributed by atoms with Gasteiger partial charge in [0.15, 0.2) is 5.60 Å². The van der Waals surface area contributed by atoms with E-state index in [2.05, 4.69) is 0 Å². The van der Waals surface area contributed by atoms with Crippen molar-refractivity contribution in [2.75, 3.05) is 6.61 Å². The molecule has 5 nitrogen and oxygen atoms in total. The van der Waals surface area contributed by atoms with E-state index in [0.717, 1.165) is 6.92 Å². The van der Waals surface area contributed by atoms with E-state index in [1.165, 1.54) is 0 Å². The number of aliphatic hydroxyl groups is 3. The summed E-state index contributed by atoms with van der Waals surface area (Å²) in [7, 11) is 0. The van der Waals surface area contributed by atoms with Gasteiger partial charge in [-0.15, -0.1) is 0 Å². The molecule has 5 heteroatoms. The van der Waals surface area contributed by atoms with Gasteiger partial charge in [0.05, 0.1) is 6.10 Å². The Kier molecular flexibility index (Phi) is 4.16. The lowest BCUT2D eigenvalue weighted by atomic mass is 9.96. The third-order valence-corrected chi connectivity index (χ3v) is 1.72. The van der Waals surface area contributed by atoms with Gasteiger partial charge in [-0.1, -0.05) is 0 Å². The molecule has 0 radical (unpaired) electrons. The molecule has 12 heavy (non-hydrogen) atoms. The summed E-state index contributed by atoms with van der Waals surface area (Å²) < 4.78 is 0. The first-order valence-corrected chi connectivity index (χ1v) is 3.67. The lowest BCUT2D eigenvalue weighted by molar-refractivity contribution is -0.169. The van der Waals surface area contributed by atoms with Crippen molar-refractivity contribution in [2.24, 2.45) is 0 Å². The van der Waals surface area contributed by atoms with Crippen LogP contribution in [0.5, 0.6) is 0 Å². The zero-order chi connectivity index (χ0) is 9.78. The normalized spacial score (nSPS) is 18.3. The highest BCUT2D eigenvalue weighted by atomic mass is 16.4. The summed E-state index contributed by atoms with van der Waals surface area (Å²) in [5.41, 5.74) is -2.13. The number of carboxylic acid groups (broad SMARTS) is 1. The topological polar surface area (TPSA) is 98.0 Å². The molecule has 2 unspecified atom stereocenters. The molecular weight excluding hydrogens is 164 g/mol. The van der Waals surface area contributed by atoms with E-state index in [0.29, 0.717) is 0 Å². The van der Waals surface area contributed by atoms with Gasteiger partial charge in [-0.2, -0.15) is 0 Å². The predicted molar refractivity (Wildman–Crippen MR) is 40.6 cm³/mol. The molecule has 0 bridgehead atoms. The fourth-order valence-corrected chi connectivity index (χ4v) is 0.708. The molecule has 72 valence electrons. The molecule has 4 N–H and O–H groups in total. The van der Waals surface area contributed by atoms with Gasteiger partial charge in [0.1, 0.15) is 0 Å². The van der Waals surface area contributed by atoms with Crippen molar-refractivity contribution in [3.05, 3.63) is 0 Å². The van der Waals surface area contributed by atoms with Crippen molar-refractivity contribution in [1.82, 2.24) is 0 Å². The molecule has 0 aliphatic heterocycles. The number of carboxylic acids is 1. The summed E-state index contributed by atoms with van der Waals surface area (Å²) in [4.78, 5) is 10.4. The van der Waals surface area contributed by atoms with Gasteiger partial charge >= 0.3 is 5.97 Å². The van der Waals surface area contributed by atoms with Gasteiger partial charge in [0.2, 0.25) is 0 Å². The lowest BCUT2D eigenvalue weighted by Crippen LogP contribution is -2.46. The Hall–Kier alpha value is -0.650. The van der Waals surface area contributed by atoms with E-state index in [1.807, 2.05) is 0 Å². The van der Waals surface area contributed by atoms with E-state index in [1.54, 1.807) is 0 Å². The second-order valence-corrected chi connectivity index (χ2v) is 2.83. The van der Waals surface area contributed by atoms with Crippen LogP contribution in [0.3, 0.4) is 0 Å². The fourth-order valence-electron chi connectivity index (χ4n) is 0.708. The van der Waals surface area contributed by atoms with Crippen molar-refractivity contribution in [3.8, 4) is 0 Å². The van der Waals surface area contributed by atoms with Crippen LogP contribution in [0.1, 0.15) is 19.8 Å². The summed E-state index contributed by atoms with van der Waals surface area (Å²) >= 11 is 0. The van der Waals surface area contributed by atoms with Crippen molar-refractivity contribution >= 4 is 5.97 Å². The molecule has 0 fully saturated rings. The third kappa shape index (κ3) is 2.77. The Morgan fingerprint density at radius 3 is 2.42 bits per heavy atom. The predicted octanol–water partition coefficient (Wildman–Crippen LogP) is -1.04. The van der Waals surface area contributed by atoms with Crippen molar-refractivity contribution in [2.45, 2.75) is 31.5 Å². The summed E-state index contributed by atoms with van der Waals surface area (Å²) in [6.07, 6.45) is -1.01. The summed E-state index contributed by atoms with van der Waals surface area (Å²) in [5, 5.41) is 35.1. The lowest BCUT2D eigenvalue weighted by Gasteiger charge is -2.23. The molecule has 0 aliphatic carbocycles. The van der Waals surface area contributed by atoms with E-state index >= 15 is 0 Å². The Labute approximate surface area is 70.3 Å². The Balaban J connectivity index is 4.06. The van der Waals surface area contributed by atoms with Crippen molar-refractivity contribution < 1.29 is 25.2 Å². The first-order valence-electron chi connectivity index (χ1n) is 3.67. The molecule has 0 aromatic rings. The minimum Gasteiger partial charge on any atom is -0.479 e. The maximum Gasteiger partial charge on any atom is 0.338 e. The van der Waals surface area contributed by atoms with Gasteiger partial charge in [0.25, 0.3) is 0 Å². The molecule has 0 amide bonds. The van der Waals surface area contributed by atoms with Gasteiger partial charge in [-0.05, 0) is 19.8 Å². The monoisotopic (exact) mass is 178 g/mol.